The number of nitrogens with one attached hydrogen (secondary N) is 1. The molecule has 0 fully saturated rings. The third-order valence-electron chi connectivity index (χ3n) is 1.91. The molecule has 21 heavy (non-hydrogen) atoms. The van der Waals surface area contributed by atoms with Gasteiger partial charge < -0.3 is 20.3 Å². The van der Waals surface area contributed by atoms with Crippen molar-refractivity contribution in [2.24, 2.45) is 4.99 Å². The maximum Gasteiger partial charge on any atom is 0.246 e. The fourth-order valence-corrected chi connectivity index (χ4v) is 1.80. The monoisotopic (exact) mass is 434 g/mol. The zero-order valence-electron chi connectivity index (χ0n) is 12.8. The number of hydrogen-bond donors (Lipinski definition) is 2. The quantitative estimate of drug-likeness (QED) is 0.250. The second kappa shape index (κ2) is 8.68. The number of aliphatic hydroxyl groups is 1. The van der Waals surface area contributed by atoms with Crippen molar-refractivity contribution in [1.29, 1.82) is 0 Å². The van der Waals surface area contributed by atoms with Gasteiger partial charge in [0.1, 0.15) is 0 Å². The molecule has 1 aromatic rings. The Bertz CT molecular complexity index is 533. The molecule has 1 rings (SSSR count). The van der Waals surface area contributed by atoms with Crippen molar-refractivity contribution in [2.75, 3.05) is 14.1 Å². The van der Waals surface area contributed by atoms with Gasteiger partial charge in [-0.1, -0.05) is 0 Å². The zero-order valence-corrected chi connectivity index (χ0v) is 17.3. The molecule has 113 valence electrons. The van der Waals surface area contributed by atoms with Crippen molar-refractivity contribution in [2.45, 2.75) is 26.3 Å². The van der Waals surface area contributed by atoms with Gasteiger partial charge in [-0.25, -0.2) is 0 Å². The Balaban J connectivity index is 0.00000400. The Morgan fingerprint density at radius 2 is 2.10 bits per heavy atom. The van der Waals surface area contributed by atoms with E-state index in [4.69, 9.17) is 0 Å². The molecule has 0 bridgehead atoms. The van der Waals surface area contributed by atoms with Crippen LogP contribution in [0.25, 0.3) is 5.76 Å². The summed E-state index contributed by atoms with van der Waals surface area (Å²) in [5, 5.41) is 12.7. The van der Waals surface area contributed by atoms with E-state index in [0.29, 0.717) is 10.7 Å². The number of nitrogens with zero attached hydrogens (tertiary/aromatic N) is 3. The van der Waals surface area contributed by atoms with Gasteiger partial charge in [-0.05, 0) is 31.2 Å². The SMILES string of the molecule is CN(C)/C=N/c1n[c-]sc1/C(O)=C/C(=O)NC(C)(C)C.[La]. The van der Waals surface area contributed by atoms with E-state index in [1.165, 1.54) is 0 Å². The first kappa shape index (κ1) is 20.3. The minimum absolute atomic E-state index is 0. The number of aliphatic hydroxyl groups excluding tert-OH is 1. The van der Waals surface area contributed by atoms with E-state index in [-0.39, 0.29) is 52.8 Å². The molecule has 1 aromatic heterocycles. The van der Waals surface area contributed by atoms with E-state index in [1.807, 2.05) is 34.9 Å². The van der Waals surface area contributed by atoms with E-state index in [2.05, 4.69) is 20.8 Å². The normalized spacial score (nSPS) is 12.1. The van der Waals surface area contributed by atoms with E-state index in [9.17, 15) is 9.90 Å². The van der Waals surface area contributed by atoms with Gasteiger partial charge in [0.15, 0.2) is 0 Å². The van der Waals surface area contributed by atoms with Gasteiger partial charge in [0.2, 0.25) is 5.91 Å². The van der Waals surface area contributed by atoms with E-state index in [0.717, 1.165) is 17.4 Å². The smallest absolute Gasteiger partial charge is 0.246 e. The Labute approximate surface area is 157 Å². The third-order valence-corrected chi connectivity index (χ3v) is 2.69. The molecule has 2 N–H and O–H groups in total. The summed E-state index contributed by atoms with van der Waals surface area (Å²) in [6.07, 6.45) is 2.69. The molecule has 0 aliphatic rings. The minimum Gasteiger partial charge on any atom is -0.520 e. The van der Waals surface area contributed by atoms with Crippen LogP contribution >= 0.6 is 11.3 Å². The van der Waals surface area contributed by atoms with Crippen molar-refractivity contribution in [3.63, 3.8) is 0 Å². The number of thiazole rings is 1. The van der Waals surface area contributed by atoms with Crippen LogP contribution in [0.2, 0.25) is 0 Å². The van der Waals surface area contributed by atoms with Crippen molar-refractivity contribution in [3.05, 3.63) is 16.5 Å². The number of carbonyl (C=O) groups is 1. The topological polar surface area (TPSA) is 77.8 Å². The van der Waals surface area contributed by atoms with Crippen LogP contribution in [-0.2, 0) is 4.79 Å². The number of hydrogen-bond acceptors (Lipinski definition) is 5. The van der Waals surface area contributed by atoms with Gasteiger partial charge in [-0.2, -0.15) is 0 Å². The first-order valence-corrected chi connectivity index (χ1v) is 6.81. The van der Waals surface area contributed by atoms with Gasteiger partial charge in [0, 0.05) is 67.1 Å². The predicted octanol–water partition coefficient (Wildman–Crippen LogP) is 1.98. The average molecular weight is 434 g/mol. The van der Waals surface area contributed by atoms with Gasteiger partial charge in [-0.15, -0.1) is 0 Å². The molecule has 0 spiro atoms. The fourth-order valence-electron chi connectivity index (χ4n) is 1.23. The molecule has 0 saturated carbocycles. The number of aliphatic imine (C=N–C) groups is 1. The predicted molar refractivity (Wildman–Crippen MR) is 81.3 cm³/mol. The molecular formula is C13H19LaN4O2S-. The maximum atomic E-state index is 11.7. The summed E-state index contributed by atoms with van der Waals surface area (Å²) < 4.78 is 0. The number of aromatic nitrogens is 1. The Morgan fingerprint density at radius 3 is 2.62 bits per heavy atom. The molecule has 1 amide bonds. The van der Waals surface area contributed by atoms with Crippen LogP contribution in [0.3, 0.4) is 0 Å². The summed E-state index contributed by atoms with van der Waals surface area (Å²) in [5.74, 6) is -0.205. The largest absolute Gasteiger partial charge is 0.520 e. The van der Waals surface area contributed by atoms with Crippen LogP contribution in [0.5, 0.6) is 0 Å². The van der Waals surface area contributed by atoms with Crippen LogP contribution in [0, 0.1) is 41.1 Å². The summed E-state index contributed by atoms with van der Waals surface area (Å²) in [6.45, 7) is 5.59. The van der Waals surface area contributed by atoms with Crippen molar-refractivity contribution in [1.82, 2.24) is 15.2 Å². The first-order valence-electron chi connectivity index (χ1n) is 5.99. The maximum absolute atomic E-state index is 11.7. The molecule has 6 nitrogen and oxygen atoms in total. The van der Waals surface area contributed by atoms with E-state index < -0.39 is 0 Å². The minimum atomic E-state index is -0.370. The zero-order chi connectivity index (χ0) is 15.3. The van der Waals surface area contributed by atoms with Crippen LogP contribution in [0.4, 0.5) is 5.82 Å². The van der Waals surface area contributed by atoms with Crippen molar-refractivity contribution in [3.8, 4) is 0 Å². The summed E-state index contributed by atoms with van der Waals surface area (Å²) in [7, 11) is 3.65. The molecule has 1 heterocycles. The van der Waals surface area contributed by atoms with Crippen molar-refractivity contribution < 1.29 is 45.5 Å². The Hall–Kier alpha value is -0.695. The molecule has 0 aliphatic carbocycles. The van der Waals surface area contributed by atoms with E-state index >= 15 is 0 Å². The molecule has 0 aliphatic heterocycles. The molecule has 1 radical (unpaired) electrons. The molecule has 8 heteroatoms. The summed E-state index contributed by atoms with van der Waals surface area (Å²) in [5.41, 5.74) is 2.29. The van der Waals surface area contributed by atoms with Gasteiger partial charge in [-0.3, -0.25) is 21.1 Å². The number of rotatable bonds is 4. The second-order valence-corrected chi connectivity index (χ2v) is 6.23. The van der Waals surface area contributed by atoms with E-state index in [1.54, 1.807) is 11.2 Å². The van der Waals surface area contributed by atoms with Gasteiger partial charge >= 0.3 is 0 Å². The first-order chi connectivity index (χ1) is 9.19. The molecule has 0 unspecified atom stereocenters. The van der Waals surface area contributed by atoms with Gasteiger partial charge in [0.25, 0.3) is 0 Å². The summed E-state index contributed by atoms with van der Waals surface area (Å²) >= 11 is 1.10. The molecular weight excluding hydrogens is 415 g/mol. The van der Waals surface area contributed by atoms with Crippen LogP contribution in [0.15, 0.2) is 11.1 Å². The van der Waals surface area contributed by atoms with Crippen LogP contribution < -0.4 is 5.32 Å². The average Bonchev–Trinajstić information content (AvgIpc) is 2.71. The van der Waals surface area contributed by atoms with Crippen LogP contribution in [0.1, 0.15) is 25.6 Å². The Morgan fingerprint density at radius 1 is 1.48 bits per heavy atom. The van der Waals surface area contributed by atoms with Crippen LogP contribution in [-0.4, -0.2) is 46.9 Å². The molecule has 0 saturated heterocycles. The Kier molecular flexibility index (Phi) is 8.39. The molecule has 0 aromatic carbocycles. The van der Waals surface area contributed by atoms with Crippen molar-refractivity contribution >= 4 is 35.2 Å². The number of carbonyl (C=O) groups excluding carboxylic acids is 1. The standard InChI is InChI=1S/C13H19N4O2S.La/c1-13(2,3)16-10(19)6-9(18)11-12(15-8-20-11)14-7-17(4)5;/h6-7,18H,1-5H3,(H,16,19);/q-1;/b9-6-,14-7+;. The third kappa shape index (κ3) is 7.75. The number of amides is 1. The summed E-state index contributed by atoms with van der Waals surface area (Å²) in [4.78, 5) is 21.9. The molecule has 0 atom stereocenters. The second-order valence-electron chi connectivity index (χ2n) is 5.43. The summed E-state index contributed by atoms with van der Waals surface area (Å²) in [6, 6.07) is 0. The fraction of sp³-hybridized carbons (Fsp3) is 0.462. The van der Waals surface area contributed by atoms with Gasteiger partial charge in [0.05, 0.1) is 12.1 Å².